The van der Waals surface area contributed by atoms with Crippen LogP contribution in [-0.2, 0) is 14.6 Å². The number of hydrogen-bond donors (Lipinski definition) is 6. The second-order valence-electron chi connectivity index (χ2n) is 13.8. The largest absolute Gasteiger partial charge is 1.00 e. The smallest absolute Gasteiger partial charge is 0.726 e. The molecule has 0 aromatic carbocycles. The van der Waals surface area contributed by atoms with Crippen molar-refractivity contribution in [2.45, 2.75) is 122 Å². The quantitative estimate of drug-likeness (QED) is 0.110. The zero-order valence-corrected chi connectivity index (χ0v) is 26.9. The van der Waals surface area contributed by atoms with Gasteiger partial charge in [-0.1, -0.05) is 34.6 Å². The Hall–Kier alpha value is 0.630. The van der Waals surface area contributed by atoms with E-state index < -0.39 is 81.2 Å². The third-order valence-electron chi connectivity index (χ3n) is 11.5. The summed E-state index contributed by atoms with van der Waals surface area (Å²) in [6, 6.07) is 0. The van der Waals surface area contributed by atoms with Crippen LogP contribution in [0.1, 0.15) is 79.6 Å². The number of rotatable bonds is 7. The van der Waals surface area contributed by atoms with Crippen molar-refractivity contribution in [3.63, 3.8) is 0 Å². The van der Waals surface area contributed by atoms with Crippen LogP contribution in [0, 0.1) is 46.3 Å². The summed E-state index contributed by atoms with van der Waals surface area (Å²) in [5.41, 5.74) is -3.56. The molecule has 222 valence electrons. The van der Waals surface area contributed by atoms with Crippen molar-refractivity contribution in [3.05, 3.63) is 0 Å². The van der Waals surface area contributed by atoms with E-state index in [1.165, 1.54) is 0 Å². The summed E-state index contributed by atoms with van der Waals surface area (Å²) in [5, 5.41) is 67.4. The molecule has 0 aromatic heterocycles. The van der Waals surface area contributed by atoms with Gasteiger partial charge in [-0.3, -0.25) is 4.18 Å². The molecular formula is C27H47NaO10S. The molecule has 4 aliphatic carbocycles. The molecule has 0 aromatic rings. The minimum Gasteiger partial charge on any atom is -0.726 e. The number of aliphatic hydroxyl groups is 6. The van der Waals surface area contributed by atoms with E-state index in [-0.39, 0.29) is 53.7 Å². The Balaban J connectivity index is 0.00000420. The van der Waals surface area contributed by atoms with Gasteiger partial charge in [0.05, 0.1) is 24.4 Å². The van der Waals surface area contributed by atoms with Crippen molar-refractivity contribution in [1.29, 1.82) is 0 Å². The molecule has 6 N–H and O–H groups in total. The fourth-order valence-electron chi connectivity index (χ4n) is 9.62. The molecule has 0 saturated heterocycles. The molecule has 4 rings (SSSR count). The first-order chi connectivity index (χ1) is 17.4. The first-order valence-corrected chi connectivity index (χ1v) is 15.5. The van der Waals surface area contributed by atoms with Crippen LogP contribution in [-0.4, -0.2) is 85.8 Å². The topological polar surface area (TPSA) is 188 Å². The van der Waals surface area contributed by atoms with Crippen LogP contribution in [0.15, 0.2) is 0 Å². The van der Waals surface area contributed by atoms with E-state index >= 15 is 0 Å². The first kappa shape index (κ1) is 34.1. The summed E-state index contributed by atoms with van der Waals surface area (Å²) in [6.45, 7) is 9.80. The van der Waals surface area contributed by atoms with Crippen LogP contribution >= 0.6 is 0 Å². The van der Waals surface area contributed by atoms with Crippen molar-refractivity contribution in [2.75, 3.05) is 0 Å². The van der Waals surface area contributed by atoms with Crippen molar-refractivity contribution in [2.24, 2.45) is 46.3 Å². The van der Waals surface area contributed by atoms with Gasteiger partial charge in [-0.05, 0) is 79.4 Å². The molecule has 14 atom stereocenters. The summed E-state index contributed by atoms with van der Waals surface area (Å²) in [4.78, 5) is 0. The van der Waals surface area contributed by atoms with Gasteiger partial charge in [0.25, 0.3) is 0 Å². The van der Waals surface area contributed by atoms with E-state index in [9.17, 15) is 43.6 Å². The van der Waals surface area contributed by atoms with Crippen LogP contribution < -0.4 is 29.6 Å². The zero-order chi connectivity index (χ0) is 28.6. The van der Waals surface area contributed by atoms with Crippen LogP contribution in [0.25, 0.3) is 0 Å². The SMILES string of the molecule is CC(C)[C@@H](O)CC[C@@H](C)[C@H]1C[C@@H](O)[C@@H]2[C@]1(C)CC[C@H]1[C@@]2(O)[C@H](O)[C@H](OS(=O)(=O)[O-])C2[C@@H](O)[C@@H](O)CC[C@@]21C.[Na+]. The maximum atomic E-state index is 12.5. The Bertz CT molecular complexity index is 982. The van der Waals surface area contributed by atoms with Crippen molar-refractivity contribution in [3.8, 4) is 0 Å². The number of hydrogen-bond acceptors (Lipinski definition) is 10. The van der Waals surface area contributed by atoms with Gasteiger partial charge in [0.15, 0.2) is 0 Å². The minimum atomic E-state index is -5.34. The zero-order valence-electron chi connectivity index (χ0n) is 24.1. The second kappa shape index (κ2) is 11.6. The predicted molar refractivity (Wildman–Crippen MR) is 136 cm³/mol. The van der Waals surface area contributed by atoms with Gasteiger partial charge < -0.3 is 35.2 Å². The molecule has 0 heterocycles. The molecule has 4 aliphatic rings. The van der Waals surface area contributed by atoms with Gasteiger partial charge in [0.2, 0.25) is 10.4 Å². The van der Waals surface area contributed by atoms with Crippen molar-refractivity contribution in [1.82, 2.24) is 0 Å². The van der Waals surface area contributed by atoms with E-state index in [0.717, 1.165) is 6.42 Å². The van der Waals surface area contributed by atoms with Crippen LogP contribution in [0.2, 0.25) is 0 Å². The van der Waals surface area contributed by atoms with Crippen molar-refractivity contribution < 1.29 is 77.4 Å². The van der Waals surface area contributed by atoms with E-state index in [1.807, 2.05) is 20.8 Å². The van der Waals surface area contributed by atoms with E-state index in [4.69, 9.17) is 4.18 Å². The normalized spacial score (nSPS) is 49.4. The molecule has 39 heavy (non-hydrogen) atoms. The third-order valence-corrected chi connectivity index (χ3v) is 12.0. The van der Waals surface area contributed by atoms with Gasteiger partial charge >= 0.3 is 29.6 Å². The number of fused-ring (bicyclic) bond motifs is 5. The third kappa shape index (κ3) is 5.55. The molecule has 4 fully saturated rings. The van der Waals surface area contributed by atoms with Crippen LogP contribution in [0.3, 0.4) is 0 Å². The Morgan fingerprint density at radius 1 is 0.974 bits per heavy atom. The van der Waals surface area contributed by atoms with Gasteiger partial charge in [0, 0.05) is 11.8 Å². The van der Waals surface area contributed by atoms with Gasteiger partial charge in [-0.15, -0.1) is 0 Å². The molecule has 12 heteroatoms. The maximum Gasteiger partial charge on any atom is 1.00 e. The fraction of sp³-hybridized carbons (Fsp3) is 1.00. The molecule has 10 nitrogen and oxygen atoms in total. The Kier molecular flexibility index (Phi) is 10.2. The van der Waals surface area contributed by atoms with Gasteiger partial charge in [-0.25, -0.2) is 8.42 Å². The van der Waals surface area contributed by atoms with Gasteiger partial charge in [0.1, 0.15) is 17.8 Å². The van der Waals surface area contributed by atoms with E-state index in [2.05, 4.69) is 6.92 Å². The molecule has 0 bridgehead atoms. The van der Waals surface area contributed by atoms with Crippen molar-refractivity contribution >= 4 is 10.4 Å². The summed E-state index contributed by atoms with van der Waals surface area (Å²) in [5.74, 6) is -2.35. The molecule has 1 unspecified atom stereocenters. The first-order valence-electron chi connectivity index (χ1n) is 14.2. The number of aliphatic hydroxyl groups excluding tert-OH is 5. The molecule has 4 saturated carbocycles. The van der Waals surface area contributed by atoms with Crippen LogP contribution in [0.4, 0.5) is 0 Å². The summed E-state index contributed by atoms with van der Waals surface area (Å²) < 4.78 is 40.2. The maximum absolute atomic E-state index is 12.5. The monoisotopic (exact) mass is 586 g/mol. The van der Waals surface area contributed by atoms with Gasteiger partial charge in [-0.2, -0.15) is 0 Å². The van der Waals surface area contributed by atoms with E-state index in [1.54, 1.807) is 6.92 Å². The van der Waals surface area contributed by atoms with Crippen LogP contribution in [0.5, 0.6) is 0 Å². The standard InChI is InChI=1S/C27H48O10S.Na/c1-13(2)16(28)7-6-14(3)15-12-18(30)23-25(15,4)11-9-19-26(5)10-8-17(29)21(31)20(26)22(37-38(34,35)36)24(32)27(19,23)33;/h13-24,28-33H,6-12H2,1-5H3,(H,34,35,36);/q;+1/p-1/t14-,15-,16+,17+,18-,19-,20?,21+,22-,23-,24-,25-,26-,27+;/m1./s1. The molecular weight excluding hydrogens is 539 g/mol. The summed E-state index contributed by atoms with van der Waals surface area (Å²) >= 11 is 0. The Morgan fingerprint density at radius 3 is 2.13 bits per heavy atom. The molecule has 0 spiro atoms. The molecule has 0 amide bonds. The average molecular weight is 587 g/mol. The fourth-order valence-corrected chi connectivity index (χ4v) is 10.1. The minimum absolute atomic E-state index is 0. The molecule has 0 aliphatic heterocycles. The predicted octanol–water partition coefficient (Wildman–Crippen LogP) is -2.07. The molecule has 0 radical (unpaired) electrons. The van der Waals surface area contributed by atoms with E-state index in [0.29, 0.717) is 32.1 Å². The Morgan fingerprint density at radius 2 is 1.56 bits per heavy atom. The average Bonchev–Trinajstić information content (AvgIpc) is 3.08. The summed E-state index contributed by atoms with van der Waals surface area (Å²) in [7, 11) is -5.34. The second-order valence-corrected chi connectivity index (χ2v) is 14.8. The summed E-state index contributed by atoms with van der Waals surface area (Å²) in [6.07, 6.45) is -4.40. The Labute approximate surface area is 254 Å².